The van der Waals surface area contributed by atoms with Crippen molar-refractivity contribution < 1.29 is 9.26 Å². The lowest BCUT2D eigenvalue weighted by molar-refractivity contribution is 0.414. The molecule has 0 spiro atoms. The summed E-state index contributed by atoms with van der Waals surface area (Å²) in [4.78, 5) is 16.6. The van der Waals surface area contributed by atoms with Crippen molar-refractivity contribution in [2.45, 2.75) is 13.5 Å². The van der Waals surface area contributed by atoms with Crippen molar-refractivity contribution in [3.63, 3.8) is 0 Å². The first-order valence-electron chi connectivity index (χ1n) is 6.80. The maximum Gasteiger partial charge on any atom is 0.263 e. The highest BCUT2D eigenvalue weighted by Crippen LogP contribution is 2.15. The molecule has 22 heavy (non-hydrogen) atoms. The zero-order chi connectivity index (χ0) is 15.5. The molecular formula is C16H15N3O3. The lowest BCUT2D eigenvalue weighted by Crippen LogP contribution is -2.21. The number of hydrogen-bond donors (Lipinski definition) is 0. The molecule has 0 saturated heterocycles. The van der Waals surface area contributed by atoms with Gasteiger partial charge in [0, 0.05) is 6.20 Å². The van der Waals surface area contributed by atoms with Crippen molar-refractivity contribution in [2.75, 3.05) is 7.11 Å². The van der Waals surface area contributed by atoms with Crippen molar-refractivity contribution >= 4 is 0 Å². The molecule has 6 nitrogen and oxygen atoms in total. The number of ether oxygens (including phenoxy) is 1. The van der Waals surface area contributed by atoms with Gasteiger partial charge in [-0.2, -0.15) is 4.98 Å². The topological polar surface area (TPSA) is 70.2 Å². The zero-order valence-corrected chi connectivity index (χ0v) is 12.3. The van der Waals surface area contributed by atoms with Crippen molar-refractivity contribution in [1.82, 2.24) is 14.7 Å². The van der Waals surface area contributed by atoms with E-state index in [9.17, 15) is 4.79 Å². The first-order valence-corrected chi connectivity index (χ1v) is 6.80. The molecule has 0 saturated carbocycles. The number of benzene rings is 1. The van der Waals surface area contributed by atoms with Gasteiger partial charge in [0.1, 0.15) is 11.3 Å². The highest BCUT2D eigenvalue weighted by atomic mass is 16.5. The molecule has 0 aliphatic rings. The minimum absolute atomic E-state index is 0.172. The molecule has 0 aliphatic heterocycles. The molecular weight excluding hydrogens is 282 g/mol. The van der Waals surface area contributed by atoms with Crippen LogP contribution in [-0.2, 0) is 6.54 Å². The van der Waals surface area contributed by atoms with E-state index in [2.05, 4.69) is 10.1 Å². The number of aryl methyl sites for hydroxylation is 1. The molecule has 6 heteroatoms. The van der Waals surface area contributed by atoms with Gasteiger partial charge in [-0.25, -0.2) is 0 Å². The molecule has 2 aromatic heterocycles. The van der Waals surface area contributed by atoms with Gasteiger partial charge in [0.2, 0.25) is 0 Å². The van der Waals surface area contributed by atoms with Gasteiger partial charge in [0.25, 0.3) is 11.4 Å². The smallest absolute Gasteiger partial charge is 0.263 e. The molecule has 2 heterocycles. The molecule has 0 N–H and O–H groups in total. The van der Waals surface area contributed by atoms with E-state index in [1.807, 2.05) is 24.3 Å². The maximum absolute atomic E-state index is 12.5. The Morgan fingerprint density at radius 1 is 1.27 bits per heavy atom. The van der Waals surface area contributed by atoms with E-state index in [1.165, 1.54) is 0 Å². The van der Waals surface area contributed by atoms with Crippen molar-refractivity contribution in [2.24, 2.45) is 0 Å². The average molecular weight is 297 g/mol. The van der Waals surface area contributed by atoms with Crippen LogP contribution < -0.4 is 10.3 Å². The molecule has 3 aromatic rings. The summed E-state index contributed by atoms with van der Waals surface area (Å²) in [5.74, 6) is 1.49. The Morgan fingerprint density at radius 2 is 2.14 bits per heavy atom. The third kappa shape index (κ3) is 2.76. The quantitative estimate of drug-likeness (QED) is 0.738. The summed E-state index contributed by atoms with van der Waals surface area (Å²) in [5, 5.41) is 3.72. The van der Waals surface area contributed by atoms with Gasteiger partial charge >= 0.3 is 0 Å². The monoisotopic (exact) mass is 297 g/mol. The van der Waals surface area contributed by atoms with Crippen LogP contribution in [0.5, 0.6) is 5.75 Å². The van der Waals surface area contributed by atoms with E-state index in [4.69, 9.17) is 9.26 Å². The number of hydrogen-bond acceptors (Lipinski definition) is 5. The Balaban J connectivity index is 1.96. The van der Waals surface area contributed by atoms with Crippen LogP contribution >= 0.6 is 0 Å². The molecule has 112 valence electrons. The van der Waals surface area contributed by atoms with Crippen molar-refractivity contribution in [3.8, 4) is 17.2 Å². The zero-order valence-electron chi connectivity index (χ0n) is 12.3. The predicted molar refractivity (Wildman–Crippen MR) is 80.8 cm³/mol. The lowest BCUT2D eigenvalue weighted by Gasteiger charge is -2.08. The molecule has 1 aromatic carbocycles. The van der Waals surface area contributed by atoms with E-state index in [1.54, 1.807) is 36.9 Å². The third-order valence-corrected chi connectivity index (χ3v) is 3.27. The fraction of sp³-hybridized carbons (Fsp3) is 0.188. The molecule has 0 unspecified atom stereocenters. The van der Waals surface area contributed by atoms with E-state index >= 15 is 0 Å². The number of nitrogens with zero attached hydrogens (tertiary/aromatic N) is 3. The predicted octanol–water partition coefficient (Wildman–Crippen LogP) is 2.26. The Bertz CT molecular complexity index is 852. The highest BCUT2D eigenvalue weighted by Gasteiger charge is 2.12. The second-order valence-corrected chi connectivity index (χ2v) is 4.85. The summed E-state index contributed by atoms with van der Waals surface area (Å²) in [6, 6.07) is 11.1. The summed E-state index contributed by atoms with van der Waals surface area (Å²) in [7, 11) is 1.61. The fourth-order valence-electron chi connectivity index (χ4n) is 2.20. The Kier molecular flexibility index (Phi) is 3.74. The summed E-state index contributed by atoms with van der Waals surface area (Å²) < 4.78 is 11.9. The summed E-state index contributed by atoms with van der Waals surface area (Å²) in [6.07, 6.45) is 1.73. The molecule has 3 rings (SSSR count). The fourth-order valence-corrected chi connectivity index (χ4v) is 2.20. The van der Waals surface area contributed by atoms with E-state index in [-0.39, 0.29) is 11.4 Å². The average Bonchev–Trinajstić information content (AvgIpc) is 2.96. The Morgan fingerprint density at radius 3 is 2.86 bits per heavy atom. The van der Waals surface area contributed by atoms with Gasteiger partial charge in [0.15, 0.2) is 5.82 Å². The van der Waals surface area contributed by atoms with Crippen LogP contribution in [0.3, 0.4) is 0 Å². The van der Waals surface area contributed by atoms with Crippen molar-refractivity contribution in [1.29, 1.82) is 0 Å². The second-order valence-electron chi connectivity index (χ2n) is 4.85. The lowest BCUT2D eigenvalue weighted by atomic mass is 10.2. The molecule has 0 atom stereocenters. The standard InChI is InChI=1S/C16H15N3O3/c1-11-17-15(22-18-11)14-7-4-8-19(16(14)20)10-12-5-3-6-13(9-12)21-2/h3-9H,10H2,1-2H3. The number of pyridine rings is 1. The minimum atomic E-state index is -0.172. The van der Waals surface area contributed by atoms with Crippen LogP contribution in [0, 0.1) is 6.92 Å². The normalized spacial score (nSPS) is 10.6. The van der Waals surface area contributed by atoms with E-state index in [0.29, 0.717) is 17.9 Å². The number of rotatable bonds is 4. The van der Waals surface area contributed by atoms with Gasteiger partial charge in [-0.15, -0.1) is 0 Å². The first kappa shape index (κ1) is 14.1. The highest BCUT2D eigenvalue weighted by molar-refractivity contribution is 5.50. The summed E-state index contributed by atoms with van der Waals surface area (Å²) in [6.45, 7) is 2.15. The molecule has 0 radical (unpaired) electrons. The maximum atomic E-state index is 12.5. The van der Waals surface area contributed by atoms with Gasteiger partial charge < -0.3 is 13.8 Å². The second kappa shape index (κ2) is 5.85. The Labute approximate surface area is 127 Å². The number of aromatic nitrogens is 3. The molecule has 0 aliphatic carbocycles. The van der Waals surface area contributed by atoms with E-state index < -0.39 is 0 Å². The molecule has 0 amide bonds. The molecule has 0 fully saturated rings. The van der Waals surface area contributed by atoms with Gasteiger partial charge in [-0.3, -0.25) is 4.79 Å². The van der Waals surface area contributed by atoms with Gasteiger partial charge in [-0.1, -0.05) is 17.3 Å². The van der Waals surface area contributed by atoms with Crippen LogP contribution in [0.1, 0.15) is 11.4 Å². The summed E-state index contributed by atoms with van der Waals surface area (Å²) >= 11 is 0. The largest absolute Gasteiger partial charge is 0.497 e. The van der Waals surface area contributed by atoms with Crippen LogP contribution in [0.2, 0.25) is 0 Å². The van der Waals surface area contributed by atoms with Crippen LogP contribution in [0.4, 0.5) is 0 Å². The van der Waals surface area contributed by atoms with Gasteiger partial charge in [0.05, 0.1) is 13.7 Å². The van der Waals surface area contributed by atoms with Crippen LogP contribution in [0.25, 0.3) is 11.5 Å². The van der Waals surface area contributed by atoms with Crippen LogP contribution in [0.15, 0.2) is 51.9 Å². The summed E-state index contributed by atoms with van der Waals surface area (Å²) in [5.41, 5.74) is 1.19. The number of methoxy groups -OCH3 is 1. The third-order valence-electron chi connectivity index (χ3n) is 3.27. The minimum Gasteiger partial charge on any atom is -0.497 e. The Hall–Kier alpha value is -2.89. The SMILES string of the molecule is COc1cccc(Cn2cccc(-c3nc(C)no3)c2=O)c1. The van der Waals surface area contributed by atoms with Crippen LogP contribution in [-0.4, -0.2) is 21.8 Å². The van der Waals surface area contributed by atoms with E-state index in [0.717, 1.165) is 11.3 Å². The van der Waals surface area contributed by atoms with Crippen molar-refractivity contribution in [3.05, 3.63) is 64.3 Å². The molecule has 0 bridgehead atoms. The van der Waals surface area contributed by atoms with Gasteiger partial charge in [-0.05, 0) is 36.8 Å². The first-order chi connectivity index (χ1) is 10.7.